The van der Waals surface area contributed by atoms with Crippen LogP contribution in [0.25, 0.3) is 21.5 Å². The van der Waals surface area contributed by atoms with Gasteiger partial charge in [0, 0.05) is 60.2 Å². The van der Waals surface area contributed by atoms with Crippen molar-refractivity contribution in [3.8, 4) is 0 Å². The fourth-order valence-corrected chi connectivity index (χ4v) is 8.31. The Labute approximate surface area is 394 Å². The van der Waals surface area contributed by atoms with E-state index < -0.39 is 17.8 Å². The number of carbonyl (C=O) groups is 4. The Morgan fingerprint density at radius 1 is 0.544 bits per heavy atom. The third kappa shape index (κ3) is 11.0. The number of nitrogens with two attached hydrogens (primary N) is 2. The number of aryl methyl sites for hydroxylation is 3. The molecule has 2 heterocycles. The first-order chi connectivity index (χ1) is 33.0. The van der Waals surface area contributed by atoms with E-state index in [1.807, 2.05) is 142 Å². The van der Waals surface area contributed by atoms with Gasteiger partial charge in [0.2, 0.25) is 11.8 Å². The molecule has 0 saturated carbocycles. The van der Waals surface area contributed by atoms with E-state index in [1.54, 1.807) is 30.7 Å². The van der Waals surface area contributed by atoms with Crippen molar-refractivity contribution in [2.45, 2.75) is 52.2 Å². The molecule has 0 saturated heterocycles. The molecule has 2 amide bonds. The number of esters is 2. The van der Waals surface area contributed by atoms with Gasteiger partial charge >= 0.3 is 11.9 Å². The average Bonchev–Trinajstić information content (AvgIpc) is 3.34. The number of carbonyl (C=O) groups excluding carboxylic acids is 4. The maximum absolute atomic E-state index is 13.5. The molecule has 0 unspecified atom stereocenters. The number of anilines is 2. The van der Waals surface area contributed by atoms with Gasteiger partial charge < -0.3 is 31.6 Å². The Morgan fingerprint density at radius 3 is 1.65 bits per heavy atom. The largest absolute Gasteiger partial charge is 0.457 e. The molecule has 0 radical (unpaired) electrons. The summed E-state index contributed by atoms with van der Waals surface area (Å²) >= 11 is 0. The first kappa shape index (κ1) is 46.5. The van der Waals surface area contributed by atoms with Crippen LogP contribution >= 0.6 is 0 Å². The van der Waals surface area contributed by atoms with Crippen molar-refractivity contribution >= 4 is 56.7 Å². The van der Waals surface area contributed by atoms with Crippen LogP contribution in [0.3, 0.4) is 0 Å². The molecule has 0 fully saturated rings. The number of benzene rings is 6. The van der Waals surface area contributed by atoms with Gasteiger partial charge in [0.15, 0.2) is 0 Å². The second-order valence-electron chi connectivity index (χ2n) is 17.0. The Bertz CT molecular complexity index is 3150. The summed E-state index contributed by atoms with van der Waals surface area (Å²) in [7, 11) is 0. The van der Waals surface area contributed by atoms with E-state index in [2.05, 4.69) is 20.6 Å². The molecule has 0 aliphatic rings. The Morgan fingerprint density at radius 2 is 1.07 bits per heavy atom. The van der Waals surface area contributed by atoms with Gasteiger partial charge in [-0.1, -0.05) is 90.5 Å². The highest BCUT2D eigenvalue weighted by atomic mass is 16.5. The van der Waals surface area contributed by atoms with E-state index in [-0.39, 0.29) is 44.1 Å². The first-order valence-electron chi connectivity index (χ1n) is 22.4. The zero-order valence-corrected chi connectivity index (χ0v) is 38.1. The van der Waals surface area contributed by atoms with E-state index in [9.17, 15) is 19.2 Å². The molecule has 8 rings (SSSR count). The molecular formula is C56H52N6O6. The lowest BCUT2D eigenvalue weighted by Crippen LogP contribution is -2.27. The summed E-state index contributed by atoms with van der Waals surface area (Å²) in [5.41, 5.74) is 22.1. The molecular weight excluding hydrogens is 853 g/mol. The zero-order valence-electron chi connectivity index (χ0n) is 38.1. The predicted molar refractivity (Wildman–Crippen MR) is 265 cm³/mol. The second-order valence-corrected chi connectivity index (χ2v) is 17.0. The number of ether oxygens (including phenoxy) is 2. The van der Waals surface area contributed by atoms with Gasteiger partial charge in [0.1, 0.15) is 13.2 Å². The van der Waals surface area contributed by atoms with E-state index >= 15 is 0 Å². The summed E-state index contributed by atoms with van der Waals surface area (Å²) in [6.45, 7) is 6.13. The summed E-state index contributed by atoms with van der Waals surface area (Å²) in [4.78, 5) is 61.5. The number of hydrogen-bond donors (Lipinski definition) is 4. The third-order valence-electron chi connectivity index (χ3n) is 12.1. The molecule has 6 aromatic carbocycles. The number of rotatable bonds is 16. The van der Waals surface area contributed by atoms with Crippen molar-refractivity contribution in [2.75, 3.05) is 23.7 Å². The van der Waals surface area contributed by atoms with Crippen LogP contribution in [0.1, 0.15) is 82.8 Å². The van der Waals surface area contributed by atoms with Gasteiger partial charge in [-0.05, 0) is 119 Å². The van der Waals surface area contributed by atoms with Crippen molar-refractivity contribution in [3.05, 3.63) is 213 Å². The minimum Gasteiger partial charge on any atom is -0.457 e. The van der Waals surface area contributed by atoms with Crippen LogP contribution in [-0.4, -0.2) is 46.8 Å². The molecule has 2 aromatic heterocycles. The monoisotopic (exact) mass is 904 g/mol. The van der Waals surface area contributed by atoms with Gasteiger partial charge in [-0.2, -0.15) is 0 Å². The Balaban J connectivity index is 0.840. The van der Waals surface area contributed by atoms with Crippen molar-refractivity contribution < 1.29 is 28.7 Å². The van der Waals surface area contributed by atoms with Crippen molar-refractivity contribution in [1.29, 1.82) is 0 Å². The van der Waals surface area contributed by atoms with Crippen LogP contribution in [0.5, 0.6) is 0 Å². The van der Waals surface area contributed by atoms with Crippen LogP contribution in [0.2, 0.25) is 0 Å². The maximum Gasteiger partial charge on any atom is 0.338 e. The molecule has 2 atom stereocenters. The van der Waals surface area contributed by atoms with Crippen LogP contribution in [0, 0.1) is 20.8 Å². The molecule has 0 aliphatic carbocycles. The number of hydrogen-bond acceptors (Lipinski definition) is 10. The Hall–Kier alpha value is -8.06. The fourth-order valence-electron chi connectivity index (χ4n) is 8.31. The molecule has 0 spiro atoms. The van der Waals surface area contributed by atoms with Crippen molar-refractivity contribution in [3.63, 3.8) is 0 Å². The third-order valence-corrected chi connectivity index (χ3v) is 12.1. The summed E-state index contributed by atoms with van der Waals surface area (Å²) in [5, 5.41) is 9.80. The van der Waals surface area contributed by atoms with Gasteiger partial charge in [0.05, 0.1) is 28.7 Å². The lowest BCUT2D eigenvalue weighted by atomic mass is 9.97. The fraction of sp³-hybridized carbons (Fsp3) is 0.179. The predicted octanol–water partition coefficient (Wildman–Crippen LogP) is 9.38. The molecule has 12 heteroatoms. The normalized spacial score (nSPS) is 12.0. The number of pyridine rings is 2. The molecule has 12 nitrogen and oxygen atoms in total. The smallest absolute Gasteiger partial charge is 0.338 e. The van der Waals surface area contributed by atoms with E-state index in [1.165, 1.54) is 0 Å². The zero-order chi connectivity index (χ0) is 47.7. The molecule has 0 bridgehead atoms. The lowest BCUT2D eigenvalue weighted by Gasteiger charge is -2.17. The minimum absolute atomic E-state index is 0.0590. The number of amides is 2. The van der Waals surface area contributed by atoms with Crippen LogP contribution in [0.4, 0.5) is 11.4 Å². The lowest BCUT2D eigenvalue weighted by molar-refractivity contribution is -0.118. The van der Waals surface area contributed by atoms with Crippen molar-refractivity contribution in [2.24, 2.45) is 11.5 Å². The van der Waals surface area contributed by atoms with Gasteiger partial charge in [-0.25, -0.2) is 9.59 Å². The number of nitrogens with one attached hydrogen (secondary N) is 2. The molecule has 342 valence electrons. The SMILES string of the molecule is Cc1ccc(C(=O)OCc2ccc([C@@H](CN)C(=O)Nc3ccc4c(Cc5ccc(C(=O)OCc6ccc([C@@H](CN)C(=O)Nc7ccc8cnccc8c7)cc6)c(C)c5)nccc4c3)cc2)c(C)c1. The van der Waals surface area contributed by atoms with E-state index in [0.717, 1.165) is 71.7 Å². The van der Waals surface area contributed by atoms with Crippen LogP contribution in [0.15, 0.2) is 152 Å². The average molecular weight is 905 g/mol. The maximum atomic E-state index is 13.5. The second kappa shape index (κ2) is 21.1. The molecule has 0 aliphatic heterocycles. The molecule has 8 aromatic rings. The highest BCUT2D eigenvalue weighted by Crippen LogP contribution is 2.27. The minimum atomic E-state index is -0.599. The summed E-state index contributed by atoms with van der Waals surface area (Å²) in [5.74, 6) is -2.44. The van der Waals surface area contributed by atoms with E-state index in [4.69, 9.17) is 20.9 Å². The summed E-state index contributed by atoms with van der Waals surface area (Å²) in [6.07, 6.45) is 5.75. The summed E-state index contributed by atoms with van der Waals surface area (Å²) in [6, 6.07) is 41.1. The van der Waals surface area contributed by atoms with Crippen LogP contribution in [-0.2, 0) is 38.7 Å². The number of fused-ring (bicyclic) bond motifs is 2. The van der Waals surface area contributed by atoms with Gasteiger partial charge in [-0.15, -0.1) is 0 Å². The standard InChI is InChI=1S/C56H52N6O6/c1-34-4-17-47(35(2)24-34)55(65)67-32-37-5-12-41(13-6-37)51(30-58)54(64)62-46-16-19-49-43(28-46)21-23-60-52(49)26-39-9-18-48(36(3)25-39)56(66)68-33-38-7-10-40(11-8-38)50(29-57)53(63)61-45-15-14-44-31-59-22-20-42(44)27-45/h4-25,27-28,31,50-51H,26,29-30,32-33,57-58H2,1-3H3,(H,61,63)(H,62,64)/t50-,51-/m1/s1. The van der Waals surface area contributed by atoms with Crippen molar-refractivity contribution in [1.82, 2.24) is 9.97 Å². The van der Waals surface area contributed by atoms with Gasteiger partial charge in [0.25, 0.3) is 0 Å². The highest BCUT2D eigenvalue weighted by Gasteiger charge is 2.22. The van der Waals surface area contributed by atoms with Crippen LogP contribution < -0.4 is 22.1 Å². The summed E-state index contributed by atoms with van der Waals surface area (Å²) < 4.78 is 11.3. The topological polar surface area (TPSA) is 189 Å². The van der Waals surface area contributed by atoms with Gasteiger partial charge in [-0.3, -0.25) is 19.6 Å². The number of nitrogens with zero attached hydrogens (tertiary/aromatic N) is 2. The number of aromatic nitrogens is 2. The van der Waals surface area contributed by atoms with E-state index in [0.29, 0.717) is 28.9 Å². The quantitative estimate of drug-likeness (QED) is 0.0680. The first-order valence-corrected chi connectivity index (χ1v) is 22.4. The highest BCUT2D eigenvalue weighted by molar-refractivity contribution is 5.99. The molecule has 68 heavy (non-hydrogen) atoms. The molecule has 6 N–H and O–H groups in total. The Kier molecular flexibility index (Phi) is 14.4.